The zero-order valence-electron chi connectivity index (χ0n) is 42.5. The van der Waals surface area contributed by atoms with Crippen LogP contribution >= 0.6 is 22.6 Å². The highest BCUT2D eigenvalue weighted by atomic mass is 127. The normalized spacial score (nSPS) is 18.7. The molecule has 7 aromatic rings. The van der Waals surface area contributed by atoms with Crippen molar-refractivity contribution in [3.63, 3.8) is 0 Å². The van der Waals surface area contributed by atoms with Gasteiger partial charge in [-0.05, 0) is 58.4 Å². The molecule has 13 nitrogen and oxygen atoms in total. The van der Waals surface area contributed by atoms with Crippen LogP contribution in [-0.2, 0) is 60.5 Å². The summed E-state index contributed by atoms with van der Waals surface area (Å²) in [4.78, 5) is 70.2. The number of carbonyl (C=O) groups excluding carboxylic acids is 4. The first-order valence-corrected chi connectivity index (χ1v) is 29.4. The van der Waals surface area contributed by atoms with E-state index in [1.807, 2.05) is 212 Å². The van der Waals surface area contributed by atoms with Crippen LogP contribution in [0.1, 0.15) is 71.4 Å². The van der Waals surface area contributed by atoms with Crippen molar-refractivity contribution >= 4 is 73.0 Å². The minimum absolute atomic E-state index is 0.0153. The van der Waals surface area contributed by atoms with Gasteiger partial charge < -0.3 is 20.1 Å². The SMILES string of the molecule is CC(C)(ON=S1C=C(CC(=O)NC2C(=O)N3C(C(=O)OC(c4ccccc4)c4ccccc4)=C(CI)CS(=O)[C@@H]23)NC1=NC(c1ccccc1)(c1ccccc1)c1ccccc1)C(=O)OC(c1ccccc1)c1ccccc1. The zero-order chi connectivity index (χ0) is 54.2. The van der Waals surface area contributed by atoms with E-state index >= 15 is 0 Å². The van der Waals surface area contributed by atoms with Crippen LogP contribution in [0.2, 0.25) is 0 Å². The molecule has 16 heteroatoms. The molecule has 4 atom stereocenters. The van der Waals surface area contributed by atoms with Crippen molar-refractivity contribution in [1.29, 1.82) is 0 Å². The lowest BCUT2D eigenvalue weighted by molar-refractivity contribution is -0.172. The number of ether oxygens (including phenoxy) is 2. The molecule has 3 aliphatic rings. The van der Waals surface area contributed by atoms with E-state index in [9.17, 15) is 23.4 Å². The van der Waals surface area contributed by atoms with Crippen LogP contribution in [-0.4, -0.2) is 65.2 Å². The third kappa shape index (κ3) is 11.3. The molecule has 7 aromatic carbocycles. The molecule has 1 fully saturated rings. The van der Waals surface area contributed by atoms with Crippen LogP contribution in [0.4, 0.5) is 0 Å². The number of hydrogen-bond donors (Lipinski definition) is 2. The van der Waals surface area contributed by atoms with Gasteiger partial charge in [-0.15, -0.1) is 0 Å². The standard InChI is InChI=1S/C62H54IN5O8S2/c1-61(2,59(72)75-55(44-28-14-5-15-29-44)45-30-16-6-17-31-45)76-67-77-41-50(64-60(77)66-62(47-32-18-7-19-33-47,48-34-20-8-21-35-48)49-36-22-9-23-37-49)38-51(69)65-52-56(70)68-53(46(39-63)40-78(73)57(52)68)58(71)74-54(42-24-10-3-11-25-42)43-26-12-4-13-27-43/h3-37,41,52,54-55,57H,38-40H2,1-2H3,(H,64,66)(H,65,69)/t52?,57-,77?,78?/m0/s1. The molecule has 394 valence electrons. The number of hydrogen-bond acceptors (Lipinski definition) is 10. The molecule has 1 saturated heterocycles. The highest BCUT2D eigenvalue weighted by Gasteiger charge is 2.57. The Morgan fingerprint density at radius 2 is 1.09 bits per heavy atom. The molecule has 3 aliphatic heterocycles. The Bertz CT molecular complexity index is 3290. The minimum atomic E-state index is -1.67. The van der Waals surface area contributed by atoms with Crippen LogP contribution in [0.5, 0.6) is 0 Å². The Kier molecular flexibility index (Phi) is 16.5. The number of aliphatic imine (C=N–C) groups is 1. The van der Waals surface area contributed by atoms with Gasteiger partial charge in [0.1, 0.15) is 22.7 Å². The molecular weight excluding hydrogens is 1130 g/mol. The van der Waals surface area contributed by atoms with Gasteiger partial charge in [-0.1, -0.05) is 239 Å². The number of carbonyl (C=O) groups is 4. The molecule has 3 heterocycles. The zero-order valence-corrected chi connectivity index (χ0v) is 46.3. The van der Waals surface area contributed by atoms with E-state index in [1.54, 1.807) is 19.3 Å². The molecule has 0 radical (unpaired) electrons. The van der Waals surface area contributed by atoms with Gasteiger partial charge in [0.25, 0.3) is 5.91 Å². The topological polar surface area (TPSA) is 165 Å². The molecule has 0 aromatic heterocycles. The third-order valence-electron chi connectivity index (χ3n) is 13.5. The highest BCUT2D eigenvalue weighted by molar-refractivity contribution is 14.1. The fraction of sp³-hybridized carbons (Fsp3) is 0.177. The quantitative estimate of drug-likeness (QED) is 0.0212. The molecule has 0 bridgehead atoms. The summed E-state index contributed by atoms with van der Waals surface area (Å²) in [5.74, 6) is -2.53. The Morgan fingerprint density at radius 1 is 0.667 bits per heavy atom. The van der Waals surface area contributed by atoms with E-state index in [4.69, 9.17) is 23.8 Å². The van der Waals surface area contributed by atoms with Crippen molar-refractivity contribution in [2.24, 2.45) is 9.52 Å². The van der Waals surface area contributed by atoms with Crippen molar-refractivity contribution in [1.82, 2.24) is 15.5 Å². The molecule has 2 amide bonds. The van der Waals surface area contributed by atoms with Crippen molar-refractivity contribution in [2.45, 2.75) is 55.0 Å². The van der Waals surface area contributed by atoms with Gasteiger partial charge in [0.15, 0.2) is 23.0 Å². The van der Waals surface area contributed by atoms with Gasteiger partial charge in [-0.2, -0.15) is 0 Å². The Morgan fingerprint density at radius 3 is 1.53 bits per heavy atom. The summed E-state index contributed by atoms with van der Waals surface area (Å²) in [6, 6.07) is 65.9. The second-order valence-electron chi connectivity index (χ2n) is 19.1. The first kappa shape index (κ1) is 53.7. The molecule has 0 aliphatic carbocycles. The van der Waals surface area contributed by atoms with E-state index < -0.39 is 80.0 Å². The molecule has 2 N–H and O–H groups in total. The Hall–Kier alpha value is -7.64. The Labute approximate surface area is 471 Å². The number of benzene rings is 7. The lowest BCUT2D eigenvalue weighted by atomic mass is 9.77. The first-order chi connectivity index (χ1) is 37.9. The molecule has 3 unspecified atom stereocenters. The molecule has 0 saturated carbocycles. The van der Waals surface area contributed by atoms with Crippen molar-refractivity contribution in [3.8, 4) is 0 Å². The number of nitrogens with zero attached hydrogens (tertiary/aromatic N) is 3. The third-order valence-corrected chi connectivity index (χ3v) is 17.4. The summed E-state index contributed by atoms with van der Waals surface area (Å²) >= 11 is 2.10. The van der Waals surface area contributed by atoms with E-state index in [0.717, 1.165) is 38.9 Å². The lowest BCUT2D eigenvalue weighted by Crippen LogP contribution is -2.73. The highest BCUT2D eigenvalue weighted by Crippen LogP contribution is 2.42. The van der Waals surface area contributed by atoms with Crippen LogP contribution in [0.25, 0.3) is 0 Å². The summed E-state index contributed by atoms with van der Waals surface area (Å²) in [6.07, 6.45) is -1.80. The number of alkyl halides is 1. The van der Waals surface area contributed by atoms with E-state index in [0.29, 0.717) is 20.9 Å². The fourth-order valence-corrected chi connectivity index (χ4v) is 13.7. The summed E-state index contributed by atoms with van der Waals surface area (Å²) in [5.41, 5.74) is 3.72. The van der Waals surface area contributed by atoms with Gasteiger partial charge in [0.05, 0.1) is 23.0 Å². The number of amidine groups is 1. The smallest absolute Gasteiger partial charge is 0.356 e. The predicted octanol–water partition coefficient (Wildman–Crippen LogP) is 10.5. The first-order valence-electron chi connectivity index (χ1n) is 25.2. The summed E-state index contributed by atoms with van der Waals surface area (Å²) in [6.45, 7) is 3.16. The second kappa shape index (κ2) is 23.9. The number of esters is 2. The maximum atomic E-state index is 14.3. The van der Waals surface area contributed by atoms with Gasteiger partial charge >= 0.3 is 11.9 Å². The number of amides is 2. The van der Waals surface area contributed by atoms with E-state index in [-0.39, 0.29) is 17.9 Å². The molecule has 10 rings (SSSR count). The predicted molar refractivity (Wildman–Crippen MR) is 311 cm³/mol. The lowest BCUT2D eigenvalue weighted by Gasteiger charge is -2.49. The van der Waals surface area contributed by atoms with Crippen molar-refractivity contribution < 1.29 is 37.7 Å². The van der Waals surface area contributed by atoms with Crippen molar-refractivity contribution in [3.05, 3.63) is 274 Å². The number of rotatable bonds is 18. The van der Waals surface area contributed by atoms with Crippen LogP contribution in [0, 0.1) is 0 Å². The van der Waals surface area contributed by atoms with Crippen molar-refractivity contribution in [2.75, 3.05) is 10.2 Å². The fourth-order valence-electron chi connectivity index (χ4n) is 9.60. The van der Waals surface area contributed by atoms with Gasteiger partial charge in [0, 0.05) is 26.2 Å². The summed E-state index contributed by atoms with van der Waals surface area (Å²) < 4.78 is 31.5. The van der Waals surface area contributed by atoms with Crippen LogP contribution in [0.15, 0.2) is 244 Å². The number of fused-ring (bicyclic) bond motifs is 1. The van der Waals surface area contributed by atoms with Crippen LogP contribution in [0.3, 0.4) is 0 Å². The van der Waals surface area contributed by atoms with Gasteiger partial charge in [0.2, 0.25) is 5.91 Å². The summed E-state index contributed by atoms with van der Waals surface area (Å²) in [7, 11) is -3.05. The maximum Gasteiger partial charge on any atom is 0.356 e. The number of nitrogens with one attached hydrogen (secondary N) is 2. The molecule has 0 spiro atoms. The average molecular weight is 1190 g/mol. The second-order valence-corrected chi connectivity index (χ2v) is 22.8. The monoisotopic (exact) mass is 1190 g/mol. The maximum absolute atomic E-state index is 14.3. The largest absolute Gasteiger partial charge is 0.450 e. The number of β-lactam (4-membered cyclic amide) rings is 1. The average Bonchev–Trinajstić information content (AvgIpc) is 3.76. The molecule has 78 heavy (non-hydrogen) atoms. The Balaban J connectivity index is 0.949. The minimum Gasteiger partial charge on any atom is -0.450 e. The van der Waals surface area contributed by atoms with E-state index in [2.05, 4.69) is 33.2 Å². The molecular formula is C62H54IN5O8S2. The van der Waals surface area contributed by atoms with E-state index in [1.165, 1.54) is 4.90 Å². The van der Waals surface area contributed by atoms with Gasteiger partial charge in [-0.25, -0.2) is 19.4 Å². The number of halogens is 1. The van der Waals surface area contributed by atoms with Crippen LogP contribution < -0.4 is 10.6 Å². The van der Waals surface area contributed by atoms with Gasteiger partial charge in [-0.3, -0.25) is 18.7 Å². The summed E-state index contributed by atoms with van der Waals surface area (Å²) in [5, 5.41) is 7.26.